The molecule has 0 amide bonds. The standard InChI is InChI=1S/C10H11NO3/c1-10(14)5-4-7-6(10)2-3-8(11-7)9(12)13/h2-3,14H,4-5H2,1H3,(H,12,13). The molecule has 74 valence electrons. The van der Waals surface area contributed by atoms with Crippen molar-refractivity contribution in [3.8, 4) is 0 Å². The molecule has 2 rings (SSSR count). The minimum absolute atomic E-state index is 0.0430. The highest BCUT2D eigenvalue weighted by Crippen LogP contribution is 2.35. The molecular formula is C10H11NO3. The van der Waals surface area contributed by atoms with Crippen LogP contribution < -0.4 is 0 Å². The maximum absolute atomic E-state index is 10.6. The Bertz CT molecular complexity index is 398. The Labute approximate surface area is 81.2 Å². The van der Waals surface area contributed by atoms with Gasteiger partial charge in [0.2, 0.25) is 0 Å². The van der Waals surface area contributed by atoms with Crippen LogP contribution in [0.25, 0.3) is 0 Å². The highest BCUT2D eigenvalue weighted by molar-refractivity contribution is 5.85. The second-order valence-electron chi connectivity index (χ2n) is 3.77. The van der Waals surface area contributed by atoms with Crippen LogP contribution in [0.3, 0.4) is 0 Å². The van der Waals surface area contributed by atoms with Gasteiger partial charge in [-0.25, -0.2) is 9.78 Å². The third-order valence-electron chi connectivity index (χ3n) is 2.62. The van der Waals surface area contributed by atoms with Gasteiger partial charge in [0.05, 0.1) is 5.60 Å². The zero-order valence-electron chi connectivity index (χ0n) is 7.82. The molecule has 1 aliphatic rings. The third-order valence-corrected chi connectivity index (χ3v) is 2.62. The summed E-state index contributed by atoms with van der Waals surface area (Å²) in [7, 11) is 0. The summed E-state index contributed by atoms with van der Waals surface area (Å²) in [5.41, 5.74) is 0.651. The number of hydrogen-bond donors (Lipinski definition) is 2. The van der Waals surface area contributed by atoms with Gasteiger partial charge in [0.25, 0.3) is 0 Å². The molecule has 0 aliphatic heterocycles. The first-order valence-corrected chi connectivity index (χ1v) is 4.47. The first-order chi connectivity index (χ1) is 6.50. The summed E-state index contributed by atoms with van der Waals surface area (Å²) in [6, 6.07) is 3.08. The molecule has 0 aromatic carbocycles. The van der Waals surface area contributed by atoms with E-state index in [4.69, 9.17) is 5.11 Å². The van der Waals surface area contributed by atoms with Crippen LogP contribution in [-0.4, -0.2) is 21.2 Å². The second kappa shape index (κ2) is 2.78. The minimum atomic E-state index is -1.03. The van der Waals surface area contributed by atoms with Crippen LogP contribution in [0.2, 0.25) is 0 Å². The first kappa shape index (κ1) is 9.15. The van der Waals surface area contributed by atoms with Crippen LogP contribution >= 0.6 is 0 Å². The number of aromatic carboxylic acids is 1. The molecule has 4 heteroatoms. The van der Waals surface area contributed by atoms with Crippen molar-refractivity contribution in [2.45, 2.75) is 25.4 Å². The van der Waals surface area contributed by atoms with Crippen molar-refractivity contribution in [2.75, 3.05) is 0 Å². The third kappa shape index (κ3) is 1.28. The monoisotopic (exact) mass is 193 g/mol. The van der Waals surface area contributed by atoms with Gasteiger partial charge in [-0.3, -0.25) is 0 Å². The van der Waals surface area contributed by atoms with Crippen molar-refractivity contribution in [3.63, 3.8) is 0 Å². The minimum Gasteiger partial charge on any atom is -0.477 e. The van der Waals surface area contributed by atoms with E-state index in [1.54, 1.807) is 13.0 Å². The second-order valence-corrected chi connectivity index (χ2v) is 3.77. The molecule has 0 saturated heterocycles. The topological polar surface area (TPSA) is 70.4 Å². The summed E-state index contributed by atoms with van der Waals surface area (Å²) in [5.74, 6) is -1.03. The van der Waals surface area contributed by atoms with E-state index in [1.807, 2.05) is 0 Å². The summed E-state index contributed by atoms with van der Waals surface area (Å²) in [4.78, 5) is 14.6. The Kier molecular flexibility index (Phi) is 1.82. The van der Waals surface area contributed by atoms with Crippen LogP contribution in [0, 0.1) is 0 Å². The van der Waals surface area contributed by atoms with E-state index in [2.05, 4.69) is 4.98 Å². The summed E-state index contributed by atoms with van der Waals surface area (Å²) < 4.78 is 0. The number of rotatable bonds is 1. The molecule has 0 fully saturated rings. The summed E-state index contributed by atoms with van der Waals surface area (Å²) in [6.07, 6.45) is 1.25. The lowest BCUT2D eigenvalue weighted by Gasteiger charge is -2.16. The van der Waals surface area contributed by atoms with E-state index in [1.165, 1.54) is 6.07 Å². The van der Waals surface area contributed by atoms with E-state index in [0.717, 1.165) is 5.56 Å². The zero-order valence-corrected chi connectivity index (χ0v) is 7.82. The van der Waals surface area contributed by atoms with Gasteiger partial charge in [-0.05, 0) is 25.8 Å². The van der Waals surface area contributed by atoms with Crippen LogP contribution in [0.15, 0.2) is 12.1 Å². The molecule has 4 nitrogen and oxygen atoms in total. The van der Waals surface area contributed by atoms with Crippen molar-refractivity contribution >= 4 is 5.97 Å². The van der Waals surface area contributed by atoms with Crippen LogP contribution in [0.1, 0.15) is 35.1 Å². The Balaban J connectivity index is 2.49. The van der Waals surface area contributed by atoms with E-state index in [-0.39, 0.29) is 5.69 Å². The smallest absolute Gasteiger partial charge is 0.354 e. The molecule has 2 N–H and O–H groups in total. The number of pyridine rings is 1. The van der Waals surface area contributed by atoms with E-state index in [0.29, 0.717) is 18.5 Å². The fraction of sp³-hybridized carbons (Fsp3) is 0.400. The number of hydrogen-bond acceptors (Lipinski definition) is 3. The first-order valence-electron chi connectivity index (χ1n) is 4.47. The Morgan fingerprint density at radius 3 is 2.93 bits per heavy atom. The fourth-order valence-electron chi connectivity index (χ4n) is 1.80. The maximum Gasteiger partial charge on any atom is 0.354 e. The molecule has 0 radical (unpaired) electrons. The lowest BCUT2D eigenvalue weighted by molar-refractivity contribution is 0.0592. The zero-order chi connectivity index (χ0) is 10.3. The number of carboxylic acid groups (broad SMARTS) is 1. The Morgan fingerprint density at radius 2 is 2.29 bits per heavy atom. The molecule has 1 aromatic heterocycles. The number of aryl methyl sites for hydroxylation is 1. The summed E-state index contributed by atoms with van der Waals surface area (Å²) >= 11 is 0. The molecule has 1 aromatic rings. The molecule has 1 atom stereocenters. The molecule has 1 unspecified atom stereocenters. The molecule has 0 spiro atoms. The number of aromatic nitrogens is 1. The molecule has 1 heterocycles. The molecule has 1 aliphatic carbocycles. The number of carbonyl (C=O) groups is 1. The Hall–Kier alpha value is -1.42. The van der Waals surface area contributed by atoms with Crippen molar-refractivity contribution in [2.24, 2.45) is 0 Å². The van der Waals surface area contributed by atoms with Crippen molar-refractivity contribution in [3.05, 3.63) is 29.1 Å². The van der Waals surface area contributed by atoms with Gasteiger partial charge in [-0.1, -0.05) is 6.07 Å². The normalized spacial score (nSPS) is 24.7. The number of aliphatic hydroxyl groups is 1. The van der Waals surface area contributed by atoms with Gasteiger partial charge in [-0.2, -0.15) is 0 Å². The number of fused-ring (bicyclic) bond motifs is 1. The van der Waals surface area contributed by atoms with Crippen LogP contribution in [0.5, 0.6) is 0 Å². The summed E-state index contributed by atoms with van der Waals surface area (Å²) in [6.45, 7) is 1.72. The average molecular weight is 193 g/mol. The van der Waals surface area contributed by atoms with Crippen molar-refractivity contribution < 1.29 is 15.0 Å². The number of nitrogens with zero attached hydrogens (tertiary/aromatic N) is 1. The number of carboxylic acids is 1. The highest BCUT2D eigenvalue weighted by Gasteiger charge is 2.33. The molecular weight excluding hydrogens is 182 g/mol. The van der Waals surface area contributed by atoms with E-state index in [9.17, 15) is 9.90 Å². The van der Waals surface area contributed by atoms with Crippen LogP contribution in [0.4, 0.5) is 0 Å². The lowest BCUT2D eigenvalue weighted by Crippen LogP contribution is -2.16. The van der Waals surface area contributed by atoms with Gasteiger partial charge in [0.1, 0.15) is 5.69 Å². The highest BCUT2D eigenvalue weighted by atomic mass is 16.4. The van der Waals surface area contributed by atoms with E-state index < -0.39 is 11.6 Å². The predicted octanol–water partition coefficient (Wildman–Crippen LogP) is 0.933. The Morgan fingerprint density at radius 1 is 1.57 bits per heavy atom. The quantitative estimate of drug-likeness (QED) is 0.696. The van der Waals surface area contributed by atoms with Gasteiger partial charge in [-0.15, -0.1) is 0 Å². The fourth-order valence-corrected chi connectivity index (χ4v) is 1.80. The van der Waals surface area contributed by atoms with Crippen molar-refractivity contribution in [1.29, 1.82) is 0 Å². The van der Waals surface area contributed by atoms with Gasteiger partial charge >= 0.3 is 5.97 Å². The molecule has 0 saturated carbocycles. The van der Waals surface area contributed by atoms with Gasteiger partial charge in [0, 0.05) is 11.3 Å². The maximum atomic E-state index is 10.6. The predicted molar refractivity (Wildman–Crippen MR) is 49.1 cm³/mol. The SMILES string of the molecule is CC1(O)CCc2nc(C(=O)O)ccc21. The largest absolute Gasteiger partial charge is 0.477 e. The molecule has 14 heavy (non-hydrogen) atoms. The average Bonchev–Trinajstić information content (AvgIpc) is 2.42. The van der Waals surface area contributed by atoms with Crippen LogP contribution in [-0.2, 0) is 12.0 Å². The lowest BCUT2D eigenvalue weighted by atomic mass is 10.00. The summed E-state index contributed by atoms with van der Waals surface area (Å²) in [5, 5.41) is 18.6. The van der Waals surface area contributed by atoms with Crippen molar-refractivity contribution in [1.82, 2.24) is 4.98 Å². The molecule has 0 bridgehead atoms. The van der Waals surface area contributed by atoms with Gasteiger partial charge < -0.3 is 10.2 Å². The van der Waals surface area contributed by atoms with E-state index >= 15 is 0 Å². The van der Waals surface area contributed by atoms with Gasteiger partial charge in [0.15, 0.2) is 0 Å².